The largest absolute Gasteiger partial charge is 0.370 e. The van der Waals surface area contributed by atoms with Gasteiger partial charge in [0.1, 0.15) is 5.82 Å². The molecule has 1 aromatic heterocycles. The average molecular weight is 334 g/mol. The van der Waals surface area contributed by atoms with Gasteiger partial charge in [-0.1, -0.05) is 41.9 Å². The number of aromatic nitrogens is 2. The summed E-state index contributed by atoms with van der Waals surface area (Å²) >= 11 is 3.45. The highest BCUT2D eigenvalue weighted by Gasteiger charge is 2.11. The molecule has 0 amide bonds. The van der Waals surface area contributed by atoms with Crippen molar-refractivity contribution >= 4 is 21.7 Å². The molecule has 20 heavy (non-hydrogen) atoms. The van der Waals surface area contributed by atoms with Crippen molar-refractivity contribution in [2.24, 2.45) is 0 Å². The first-order valence-corrected chi connectivity index (χ1v) is 7.82. The van der Waals surface area contributed by atoms with Crippen LogP contribution in [-0.4, -0.2) is 16.5 Å². The van der Waals surface area contributed by atoms with Gasteiger partial charge in [0.15, 0.2) is 5.82 Å². The molecule has 0 saturated heterocycles. The van der Waals surface area contributed by atoms with Gasteiger partial charge in [0, 0.05) is 27.8 Å². The molecule has 0 saturated carbocycles. The molecule has 2 aromatic rings. The van der Waals surface area contributed by atoms with E-state index in [0.29, 0.717) is 0 Å². The summed E-state index contributed by atoms with van der Waals surface area (Å²) in [6.07, 6.45) is 2.03. The topological polar surface area (TPSA) is 37.8 Å². The van der Waals surface area contributed by atoms with Gasteiger partial charge in [0.05, 0.1) is 0 Å². The van der Waals surface area contributed by atoms with Gasteiger partial charge in [-0.25, -0.2) is 9.97 Å². The number of hydrogen-bond acceptors (Lipinski definition) is 3. The minimum absolute atomic E-state index is 0.783. The van der Waals surface area contributed by atoms with Crippen molar-refractivity contribution in [3.63, 3.8) is 0 Å². The van der Waals surface area contributed by atoms with Gasteiger partial charge in [0.2, 0.25) is 0 Å². The second-order valence-electron chi connectivity index (χ2n) is 4.75. The molecule has 3 nitrogen and oxygen atoms in total. The monoisotopic (exact) mass is 333 g/mol. The van der Waals surface area contributed by atoms with Gasteiger partial charge < -0.3 is 5.32 Å². The fraction of sp³-hybridized carbons (Fsp3) is 0.375. The lowest BCUT2D eigenvalue weighted by Gasteiger charge is -2.13. The highest BCUT2D eigenvalue weighted by atomic mass is 79.9. The quantitative estimate of drug-likeness (QED) is 0.868. The Hall–Kier alpha value is -1.42. The smallest absolute Gasteiger partial charge is 0.161 e. The maximum Gasteiger partial charge on any atom is 0.161 e. The summed E-state index contributed by atoms with van der Waals surface area (Å²) in [6.45, 7) is 7.29. The third kappa shape index (κ3) is 3.37. The van der Waals surface area contributed by atoms with Gasteiger partial charge in [-0.05, 0) is 31.9 Å². The van der Waals surface area contributed by atoms with Gasteiger partial charge in [0.25, 0.3) is 0 Å². The molecule has 0 radical (unpaired) electrons. The summed E-state index contributed by atoms with van der Waals surface area (Å²) < 4.78 is 1.06. The second-order valence-corrected chi connectivity index (χ2v) is 5.66. The third-order valence-electron chi connectivity index (χ3n) is 3.21. The van der Waals surface area contributed by atoms with Crippen LogP contribution in [-0.2, 0) is 6.42 Å². The van der Waals surface area contributed by atoms with Crippen molar-refractivity contribution in [1.29, 1.82) is 0 Å². The third-order valence-corrected chi connectivity index (χ3v) is 3.74. The first-order valence-electron chi connectivity index (χ1n) is 7.03. The highest BCUT2D eigenvalue weighted by molar-refractivity contribution is 9.10. The minimum Gasteiger partial charge on any atom is -0.370 e. The highest BCUT2D eigenvalue weighted by Crippen LogP contribution is 2.24. The molecule has 0 aliphatic heterocycles. The van der Waals surface area contributed by atoms with Crippen LogP contribution in [0.5, 0.6) is 0 Å². The van der Waals surface area contributed by atoms with E-state index in [1.54, 1.807) is 0 Å². The average Bonchev–Trinajstić information content (AvgIpc) is 2.45. The molecule has 1 N–H and O–H groups in total. The molecule has 1 aromatic carbocycles. The molecule has 0 atom stereocenters. The van der Waals surface area contributed by atoms with E-state index in [4.69, 9.17) is 4.98 Å². The Morgan fingerprint density at radius 1 is 1.10 bits per heavy atom. The fourth-order valence-electron chi connectivity index (χ4n) is 2.14. The van der Waals surface area contributed by atoms with Gasteiger partial charge in [-0.2, -0.15) is 0 Å². The molecule has 0 fully saturated rings. The van der Waals surface area contributed by atoms with E-state index in [2.05, 4.69) is 47.0 Å². The Balaban J connectivity index is 2.44. The summed E-state index contributed by atoms with van der Waals surface area (Å²) in [4.78, 5) is 9.35. The number of hydrogen-bond donors (Lipinski definition) is 1. The first-order chi connectivity index (χ1) is 9.65. The molecule has 4 heteroatoms. The lowest BCUT2D eigenvalue weighted by atomic mass is 10.1. The van der Waals surface area contributed by atoms with E-state index in [0.717, 1.165) is 46.8 Å². The predicted molar refractivity (Wildman–Crippen MR) is 88.1 cm³/mol. The molecule has 106 valence electrons. The molecule has 0 unspecified atom stereocenters. The summed E-state index contributed by atoms with van der Waals surface area (Å²) in [6, 6.07) is 8.10. The standard InChI is InChI=1S/C16H20BrN3/c1-4-10-18-16-14(5-2)11(3)19-15(20-16)12-6-8-13(17)9-7-12/h6-9H,4-5,10H2,1-3H3,(H,18,19,20). The van der Waals surface area contributed by atoms with Crippen LogP contribution in [0.3, 0.4) is 0 Å². The van der Waals surface area contributed by atoms with E-state index in [9.17, 15) is 0 Å². The normalized spacial score (nSPS) is 10.6. The van der Waals surface area contributed by atoms with Crippen molar-refractivity contribution in [1.82, 2.24) is 9.97 Å². The Labute approximate surface area is 129 Å². The van der Waals surface area contributed by atoms with Gasteiger partial charge in [-0.3, -0.25) is 0 Å². The van der Waals surface area contributed by atoms with Crippen LogP contribution in [0.4, 0.5) is 5.82 Å². The number of nitrogens with one attached hydrogen (secondary N) is 1. The summed E-state index contributed by atoms with van der Waals surface area (Å²) in [5.74, 6) is 1.76. The van der Waals surface area contributed by atoms with Gasteiger partial charge >= 0.3 is 0 Å². The zero-order valence-electron chi connectivity index (χ0n) is 12.2. The molecular formula is C16H20BrN3. The van der Waals surface area contributed by atoms with Crippen LogP contribution in [0.15, 0.2) is 28.7 Å². The molecule has 2 rings (SSSR count). The van der Waals surface area contributed by atoms with Crippen molar-refractivity contribution in [3.05, 3.63) is 40.0 Å². The zero-order chi connectivity index (χ0) is 14.5. The number of aryl methyl sites for hydroxylation is 1. The number of halogens is 1. The predicted octanol–water partition coefficient (Wildman–Crippen LogP) is 4.60. The Morgan fingerprint density at radius 2 is 1.80 bits per heavy atom. The number of rotatable bonds is 5. The van der Waals surface area contributed by atoms with Crippen LogP contribution in [0.25, 0.3) is 11.4 Å². The van der Waals surface area contributed by atoms with Crippen LogP contribution in [0.1, 0.15) is 31.5 Å². The van der Waals surface area contributed by atoms with Crippen LogP contribution in [0, 0.1) is 6.92 Å². The lowest BCUT2D eigenvalue weighted by Crippen LogP contribution is -2.09. The van der Waals surface area contributed by atoms with Gasteiger partial charge in [-0.15, -0.1) is 0 Å². The maximum atomic E-state index is 4.70. The summed E-state index contributed by atoms with van der Waals surface area (Å²) in [5.41, 5.74) is 3.30. The van der Waals surface area contributed by atoms with Crippen molar-refractivity contribution in [3.8, 4) is 11.4 Å². The lowest BCUT2D eigenvalue weighted by molar-refractivity contribution is 0.938. The summed E-state index contributed by atoms with van der Waals surface area (Å²) in [7, 11) is 0. The van der Waals surface area contributed by atoms with Crippen LogP contribution >= 0.6 is 15.9 Å². The molecule has 0 spiro atoms. The molecular weight excluding hydrogens is 314 g/mol. The maximum absolute atomic E-state index is 4.70. The molecule has 0 aliphatic rings. The molecule has 0 aliphatic carbocycles. The van der Waals surface area contributed by atoms with Crippen molar-refractivity contribution in [2.75, 3.05) is 11.9 Å². The second kappa shape index (κ2) is 6.84. The van der Waals surface area contributed by atoms with E-state index in [1.807, 2.05) is 24.3 Å². The van der Waals surface area contributed by atoms with E-state index >= 15 is 0 Å². The SMILES string of the molecule is CCCNc1nc(-c2ccc(Br)cc2)nc(C)c1CC. The van der Waals surface area contributed by atoms with E-state index < -0.39 is 0 Å². The Morgan fingerprint density at radius 3 is 2.40 bits per heavy atom. The molecule has 0 bridgehead atoms. The number of nitrogens with zero attached hydrogens (tertiary/aromatic N) is 2. The Kier molecular flexibility index (Phi) is 5.12. The van der Waals surface area contributed by atoms with Crippen molar-refractivity contribution in [2.45, 2.75) is 33.6 Å². The fourth-order valence-corrected chi connectivity index (χ4v) is 2.40. The van der Waals surface area contributed by atoms with Crippen LogP contribution in [0.2, 0.25) is 0 Å². The van der Waals surface area contributed by atoms with E-state index in [-0.39, 0.29) is 0 Å². The zero-order valence-corrected chi connectivity index (χ0v) is 13.8. The minimum atomic E-state index is 0.783. The number of anilines is 1. The van der Waals surface area contributed by atoms with E-state index in [1.165, 1.54) is 5.56 Å². The molecule has 1 heterocycles. The van der Waals surface area contributed by atoms with Crippen molar-refractivity contribution < 1.29 is 0 Å². The number of benzene rings is 1. The summed E-state index contributed by atoms with van der Waals surface area (Å²) in [5, 5.41) is 3.42. The van der Waals surface area contributed by atoms with Crippen LogP contribution < -0.4 is 5.32 Å². The Bertz CT molecular complexity index is 579. The first kappa shape index (κ1) is 15.0.